The molecule has 5 heteroatoms. The molecule has 1 nitrogen and oxygen atoms in total. The predicted molar refractivity (Wildman–Crippen MR) is 77.3 cm³/mol. The van der Waals surface area contributed by atoms with Gasteiger partial charge in [0.25, 0.3) is 0 Å². The van der Waals surface area contributed by atoms with Gasteiger partial charge in [0, 0.05) is 10.0 Å². The Morgan fingerprint density at radius 3 is 2.53 bits per heavy atom. The van der Waals surface area contributed by atoms with E-state index in [4.69, 9.17) is 23.2 Å². The molecule has 1 atom stereocenters. The number of rotatable bonds is 2. The molecule has 0 aliphatic carbocycles. The summed E-state index contributed by atoms with van der Waals surface area (Å²) in [5.74, 6) is 0. The van der Waals surface area contributed by atoms with Crippen molar-refractivity contribution in [2.75, 3.05) is 0 Å². The van der Waals surface area contributed by atoms with Crippen LogP contribution in [0.4, 0.5) is 0 Å². The van der Waals surface area contributed by atoms with Crippen molar-refractivity contribution in [1.82, 2.24) is 0 Å². The Morgan fingerprint density at radius 1 is 1.24 bits per heavy atom. The van der Waals surface area contributed by atoms with Gasteiger partial charge < -0.3 is 5.11 Å². The highest BCUT2D eigenvalue weighted by Gasteiger charge is 2.19. The van der Waals surface area contributed by atoms with Crippen molar-refractivity contribution in [2.24, 2.45) is 0 Å². The second kappa shape index (κ2) is 5.29. The van der Waals surface area contributed by atoms with Crippen LogP contribution in [0.2, 0.25) is 8.67 Å². The Bertz CT molecular complexity index is 553. The smallest absolute Gasteiger partial charge is 0.107 e. The molecule has 0 bridgehead atoms. The summed E-state index contributed by atoms with van der Waals surface area (Å²) in [5, 5.41) is 10.3. The fraction of sp³-hybridized carbons (Fsp3) is 0.167. The lowest BCUT2D eigenvalue weighted by Gasteiger charge is -2.13. The number of aryl methyl sites for hydroxylation is 1. The molecule has 0 amide bonds. The van der Waals surface area contributed by atoms with Crippen molar-refractivity contribution >= 4 is 50.5 Å². The molecule has 1 aromatic heterocycles. The number of hydrogen-bond acceptors (Lipinski definition) is 2. The zero-order chi connectivity index (χ0) is 12.6. The predicted octanol–water partition coefficient (Wildman–Crippen LogP) is 5.21. The lowest BCUT2D eigenvalue weighted by molar-refractivity contribution is 0.220. The first kappa shape index (κ1) is 13.4. The van der Waals surface area contributed by atoms with Crippen LogP contribution < -0.4 is 0 Å². The fourth-order valence-electron chi connectivity index (χ4n) is 1.58. The first-order chi connectivity index (χ1) is 7.99. The monoisotopic (exact) mass is 350 g/mol. The van der Waals surface area contributed by atoms with Crippen molar-refractivity contribution in [3.63, 3.8) is 0 Å². The first-order valence-electron chi connectivity index (χ1n) is 4.88. The topological polar surface area (TPSA) is 20.2 Å². The molecule has 17 heavy (non-hydrogen) atoms. The third-order valence-corrected chi connectivity index (χ3v) is 4.66. The van der Waals surface area contributed by atoms with Gasteiger partial charge in [-0.2, -0.15) is 0 Å². The average molecular weight is 352 g/mol. The SMILES string of the molecule is Cc1ccc(Br)c(C(O)c2cc(Cl)sc2Cl)c1. The lowest BCUT2D eigenvalue weighted by atomic mass is 10.0. The highest BCUT2D eigenvalue weighted by atomic mass is 79.9. The third-order valence-electron chi connectivity index (χ3n) is 2.42. The van der Waals surface area contributed by atoms with Crippen LogP contribution in [0.1, 0.15) is 22.8 Å². The van der Waals surface area contributed by atoms with Crippen LogP contribution in [-0.4, -0.2) is 5.11 Å². The van der Waals surface area contributed by atoms with Gasteiger partial charge in [-0.3, -0.25) is 0 Å². The molecule has 0 fully saturated rings. The van der Waals surface area contributed by atoms with Crippen LogP contribution in [0.15, 0.2) is 28.7 Å². The maximum Gasteiger partial charge on any atom is 0.107 e. The quantitative estimate of drug-likeness (QED) is 0.787. The Labute approximate surface area is 122 Å². The summed E-state index contributed by atoms with van der Waals surface area (Å²) in [6.45, 7) is 1.98. The summed E-state index contributed by atoms with van der Waals surface area (Å²) in [7, 11) is 0. The van der Waals surface area contributed by atoms with Crippen molar-refractivity contribution < 1.29 is 5.11 Å². The molecule has 90 valence electrons. The van der Waals surface area contributed by atoms with E-state index >= 15 is 0 Å². The van der Waals surface area contributed by atoms with E-state index in [2.05, 4.69) is 15.9 Å². The van der Waals surface area contributed by atoms with E-state index < -0.39 is 6.10 Å². The van der Waals surface area contributed by atoms with Gasteiger partial charge in [-0.25, -0.2) is 0 Å². The summed E-state index contributed by atoms with van der Waals surface area (Å²) in [6, 6.07) is 7.52. The third kappa shape index (κ3) is 2.85. The van der Waals surface area contributed by atoms with Crippen molar-refractivity contribution in [2.45, 2.75) is 13.0 Å². The Kier molecular flexibility index (Phi) is 4.16. The molecule has 0 radical (unpaired) electrons. The van der Waals surface area contributed by atoms with Crippen LogP contribution >= 0.6 is 50.5 Å². The van der Waals surface area contributed by atoms with Crippen LogP contribution in [0, 0.1) is 6.92 Å². The number of halogens is 3. The highest BCUT2D eigenvalue weighted by molar-refractivity contribution is 9.10. The molecule has 2 rings (SSSR count). The van der Waals surface area contributed by atoms with E-state index in [9.17, 15) is 5.11 Å². The summed E-state index contributed by atoms with van der Waals surface area (Å²) >= 11 is 16.6. The minimum Gasteiger partial charge on any atom is -0.384 e. The van der Waals surface area contributed by atoms with Gasteiger partial charge in [-0.05, 0) is 24.6 Å². The summed E-state index contributed by atoms with van der Waals surface area (Å²) < 4.78 is 1.96. The van der Waals surface area contributed by atoms with E-state index in [0.29, 0.717) is 14.2 Å². The van der Waals surface area contributed by atoms with Crippen molar-refractivity contribution in [3.8, 4) is 0 Å². The minimum absolute atomic E-state index is 0.524. The number of benzene rings is 1. The molecule has 0 saturated carbocycles. The molecule has 0 aliphatic heterocycles. The van der Waals surface area contributed by atoms with E-state index in [1.807, 2.05) is 25.1 Å². The minimum atomic E-state index is -0.763. The zero-order valence-corrected chi connectivity index (χ0v) is 12.8. The van der Waals surface area contributed by atoms with E-state index in [0.717, 1.165) is 15.6 Å². The summed E-state index contributed by atoms with van der Waals surface area (Å²) in [5.41, 5.74) is 2.52. The first-order valence-corrected chi connectivity index (χ1v) is 7.24. The molecule has 1 N–H and O–H groups in total. The van der Waals surface area contributed by atoms with Crippen LogP contribution in [-0.2, 0) is 0 Å². The molecular formula is C12H9BrCl2OS. The maximum atomic E-state index is 10.3. The van der Waals surface area contributed by atoms with E-state index in [-0.39, 0.29) is 0 Å². The number of aliphatic hydroxyl groups excluding tert-OH is 1. The summed E-state index contributed by atoms with van der Waals surface area (Å²) in [6.07, 6.45) is -0.763. The average Bonchev–Trinajstić information content (AvgIpc) is 2.60. The molecular weight excluding hydrogens is 343 g/mol. The van der Waals surface area contributed by atoms with E-state index in [1.54, 1.807) is 6.07 Å². The molecule has 0 spiro atoms. The lowest BCUT2D eigenvalue weighted by Crippen LogP contribution is -2.00. The zero-order valence-electron chi connectivity index (χ0n) is 8.88. The second-order valence-corrected chi connectivity index (χ2v) is 6.85. The Balaban J connectivity index is 2.46. The maximum absolute atomic E-state index is 10.3. The van der Waals surface area contributed by atoms with Crippen molar-refractivity contribution in [3.05, 3.63) is 54.1 Å². The standard InChI is InChI=1S/C12H9BrCl2OS/c1-6-2-3-9(13)7(4-6)11(16)8-5-10(14)17-12(8)15/h2-5,11,16H,1H3. The molecule has 0 saturated heterocycles. The van der Waals surface area contributed by atoms with Gasteiger partial charge in [0.1, 0.15) is 10.4 Å². The second-order valence-electron chi connectivity index (χ2n) is 3.71. The summed E-state index contributed by atoms with van der Waals surface area (Å²) in [4.78, 5) is 0. The number of aliphatic hydroxyl groups is 1. The van der Waals surface area contributed by atoms with Gasteiger partial charge in [0.05, 0.1) is 4.34 Å². The van der Waals surface area contributed by atoms with Gasteiger partial charge in [-0.1, -0.05) is 56.8 Å². The number of hydrogen-bond donors (Lipinski definition) is 1. The van der Waals surface area contributed by atoms with Crippen LogP contribution in [0.3, 0.4) is 0 Å². The van der Waals surface area contributed by atoms with E-state index in [1.165, 1.54) is 11.3 Å². The van der Waals surface area contributed by atoms with Gasteiger partial charge in [-0.15, -0.1) is 11.3 Å². The normalized spacial score (nSPS) is 12.8. The van der Waals surface area contributed by atoms with Crippen molar-refractivity contribution in [1.29, 1.82) is 0 Å². The molecule has 2 aromatic rings. The molecule has 0 aliphatic rings. The van der Waals surface area contributed by atoms with Gasteiger partial charge >= 0.3 is 0 Å². The largest absolute Gasteiger partial charge is 0.384 e. The number of thiophene rings is 1. The molecule has 1 unspecified atom stereocenters. The molecule has 1 aromatic carbocycles. The van der Waals surface area contributed by atoms with Gasteiger partial charge in [0.15, 0.2) is 0 Å². The Hall–Kier alpha value is -0.0600. The van der Waals surface area contributed by atoms with Gasteiger partial charge in [0.2, 0.25) is 0 Å². The fourth-order valence-corrected chi connectivity index (χ4v) is 3.56. The van der Waals surface area contributed by atoms with Crippen LogP contribution in [0.5, 0.6) is 0 Å². The Morgan fingerprint density at radius 2 is 1.94 bits per heavy atom. The molecule has 1 heterocycles. The van der Waals surface area contributed by atoms with Crippen LogP contribution in [0.25, 0.3) is 0 Å². The highest BCUT2D eigenvalue weighted by Crippen LogP contribution is 2.39.